The highest BCUT2D eigenvalue weighted by atomic mass is 16.4. The number of Topliss-reactive ketones (excluding diaryl/α,β-unsaturated/α-hetero) is 1. The van der Waals surface area contributed by atoms with E-state index in [0.717, 1.165) is 0 Å². The Balaban J connectivity index is 3.20. The van der Waals surface area contributed by atoms with Gasteiger partial charge in [-0.1, -0.05) is 36.9 Å². The Morgan fingerprint density at radius 1 is 1.31 bits per heavy atom. The zero-order valence-corrected chi connectivity index (χ0v) is 6.86. The normalized spacial score (nSPS) is 9.23. The molecule has 0 bridgehead atoms. The summed E-state index contributed by atoms with van der Waals surface area (Å²) in [6, 6.07) is 6.44. The molecule has 3 heteroatoms. The molecule has 1 aromatic carbocycles. The van der Waals surface area contributed by atoms with Crippen LogP contribution >= 0.6 is 0 Å². The minimum absolute atomic E-state index is 0.171. The summed E-state index contributed by atoms with van der Waals surface area (Å²) >= 11 is 0. The molecule has 13 heavy (non-hydrogen) atoms. The molecule has 0 fully saturated rings. The molecule has 0 saturated carbocycles. The molecule has 1 aromatic rings. The molecule has 0 aliphatic rings. The van der Waals surface area contributed by atoms with Gasteiger partial charge in [-0.25, -0.2) is 4.79 Å². The lowest BCUT2D eigenvalue weighted by atomic mass is 10.0. The van der Waals surface area contributed by atoms with Gasteiger partial charge in [-0.2, -0.15) is 0 Å². The third-order valence-corrected chi connectivity index (χ3v) is 1.62. The number of hydrogen-bond acceptors (Lipinski definition) is 2. The fraction of sp³-hybridized carbons (Fsp3) is 0. The summed E-state index contributed by atoms with van der Waals surface area (Å²) in [5, 5.41) is 8.47. The first kappa shape index (κ1) is 9.19. The lowest BCUT2D eigenvalue weighted by Gasteiger charge is -1.99. The Morgan fingerprint density at radius 3 is 2.46 bits per heavy atom. The maximum absolute atomic E-state index is 11.1. The van der Waals surface area contributed by atoms with E-state index in [9.17, 15) is 9.59 Å². The maximum atomic E-state index is 11.1. The molecule has 0 aromatic heterocycles. The fourth-order valence-electron chi connectivity index (χ4n) is 0.997. The number of ketones is 1. The molecule has 0 spiro atoms. The maximum Gasteiger partial charge on any atom is 0.377 e. The molecule has 66 valence electrons. The number of aliphatic carboxylic acids is 1. The van der Waals surface area contributed by atoms with Crippen LogP contribution in [0, 0.1) is 0 Å². The van der Waals surface area contributed by atoms with Crippen LogP contribution in [0.3, 0.4) is 0 Å². The Bertz CT molecular complexity index is 366. The molecule has 0 saturated heterocycles. The van der Waals surface area contributed by atoms with E-state index in [2.05, 4.69) is 6.58 Å². The number of carbonyl (C=O) groups is 2. The average Bonchev–Trinajstić information content (AvgIpc) is 2.16. The van der Waals surface area contributed by atoms with E-state index in [4.69, 9.17) is 5.11 Å². The molecular weight excluding hydrogens is 168 g/mol. The molecule has 1 rings (SSSR count). The van der Waals surface area contributed by atoms with Gasteiger partial charge in [0.05, 0.1) is 0 Å². The first-order valence-corrected chi connectivity index (χ1v) is 3.66. The number of carboxylic acid groups (broad SMARTS) is 1. The van der Waals surface area contributed by atoms with E-state index in [1.165, 1.54) is 12.1 Å². The van der Waals surface area contributed by atoms with Gasteiger partial charge in [-0.3, -0.25) is 4.79 Å². The monoisotopic (exact) mass is 176 g/mol. The molecule has 0 radical (unpaired) electrons. The highest BCUT2D eigenvalue weighted by Crippen LogP contribution is 2.10. The summed E-state index contributed by atoms with van der Waals surface area (Å²) in [5.74, 6) is -2.36. The lowest BCUT2D eigenvalue weighted by molar-refractivity contribution is -0.131. The first-order chi connectivity index (χ1) is 6.16. The predicted molar refractivity (Wildman–Crippen MR) is 48.5 cm³/mol. The number of benzene rings is 1. The van der Waals surface area contributed by atoms with E-state index in [0.29, 0.717) is 5.56 Å². The third-order valence-electron chi connectivity index (χ3n) is 1.62. The minimum atomic E-state index is -1.45. The Hall–Kier alpha value is -1.90. The van der Waals surface area contributed by atoms with Crippen molar-refractivity contribution in [2.24, 2.45) is 0 Å². The van der Waals surface area contributed by atoms with E-state index in [1.807, 2.05) is 0 Å². The molecule has 0 unspecified atom stereocenters. The highest BCUT2D eigenvalue weighted by molar-refractivity contribution is 6.40. The molecule has 0 amide bonds. The van der Waals surface area contributed by atoms with Crippen molar-refractivity contribution in [2.45, 2.75) is 0 Å². The van der Waals surface area contributed by atoms with Crippen LogP contribution in [0.15, 0.2) is 30.8 Å². The Kier molecular flexibility index (Phi) is 2.59. The van der Waals surface area contributed by atoms with Crippen molar-refractivity contribution in [2.75, 3.05) is 0 Å². The molecule has 0 aliphatic heterocycles. The summed E-state index contributed by atoms with van der Waals surface area (Å²) in [6.07, 6.45) is 1.45. The zero-order valence-electron chi connectivity index (χ0n) is 6.86. The SMILES string of the molecule is C=Cc1ccccc1C(=O)C(=O)O. The number of carbonyl (C=O) groups excluding carboxylic acids is 1. The van der Waals surface area contributed by atoms with E-state index < -0.39 is 11.8 Å². The van der Waals surface area contributed by atoms with Gasteiger partial charge in [0.2, 0.25) is 0 Å². The van der Waals surface area contributed by atoms with Crippen LogP contribution in [0.5, 0.6) is 0 Å². The van der Waals surface area contributed by atoms with Gasteiger partial charge in [0, 0.05) is 5.56 Å². The van der Waals surface area contributed by atoms with Gasteiger partial charge >= 0.3 is 5.97 Å². The Morgan fingerprint density at radius 2 is 1.92 bits per heavy atom. The van der Waals surface area contributed by atoms with Gasteiger partial charge in [0.1, 0.15) is 0 Å². The van der Waals surface area contributed by atoms with Crippen LogP contribution in [0.4, 0.5) is 0 Å². The zero-order chi connectivity index (χ0) is 9.84. The summed E-state index contributed by atoms with van der Waals surface area (Å²) in [4.78, 5) is 21.5. The van der Waals surface area contributed by atoms with Gasteiger partial charge in [0.15, 0.2) is 0 Å². The molecule has 1 N–H and O–H groups in total. The van der Waals surface area contributed by atoms with Crippen molar-refractivity contribution in [3.63, 3.8) is 0 Å². The van der Waals surface area contributed by atoms with Crippen molar-refractivity contribution in [1.29, 1.82) is 0 Å². The molecule has 3 nitrogen and oxygen atoms in total. The second kappa shape index (κ2) is 3.67. The second-order valence-corrected chi connectivity index (χ2v) is 2.43. The second-order valence-electron chi connectivity index (χ2n) is 2.43. The Labute approximate surface area is 75.3 Å². The topological polar surface area (TPSA) is 54.4 Å². The van der Waals surface area contributed by atoms with E-state index in [1.54, 1.807) is 18.2 Å². The van der Waals surface area contributed by atoms with Gasteiger partial charge < -0.3 is 5.11 Å². The highest BCUT2D eigenvalue weighted by Gasteiger charge is 2.16. The minimum Gasteiger partial charge on any atom is -0.475 e. The van der Waals surface area contributed by atoms with Crippen molar-refractivity contribution in [3.05, 3.63) is 42.0 Å². The largest absolute Gasteiger partial charge is 0.475 e. The van der Waals surface area contributed by atoms with Crippen LogP contribution in [0.25, 0.3) is 6.08 Å². The summed E-state index contributed by atoms with van der Waals surface area (Å²) in [6.45, 7) is 3.49. The van der Waals surface area contributed by atoms with Crippen molar-refractivity contribution >= 4 is 17.8 Å². The van der Waals surface area contributed by atoms with Crippen molar-refractivity contribution < 1.29 is 14.7 Å². The van der Waals surface area contributed by atoms with Crippen molar-refractivity contribution in [3.8, 4) is 0 Å². The molecule has 0 atom stereocenters. The smallest absolute Gasteiger partial charge is 0.377 e. The number of carboxylic acids is 1. The van der Waals surface area contributed by atoms with Crippen LogP contribution in [0.1, 0.15) is 15.9 Å². The molecular formula is C10H8O3. The number of hydrogen-bond donors (Lipinski definition) is 1. The van der Waals surface area contributed by atoms with E-state index in [-0.39, 0.29) is 5.56 Å². The summed E-state index contributed by atoms with van der Waals surface area (Å²) in [7, 11) is 0. The first-order valence-electron chi connectivity index (χ1n) is 3.66. The fourth-order valence-corrected chi connectivity index (χ4v) is 0.997. The van der Waals surface area contributed by atoms with Crippen LogP contribution in [-0.4, -0.2) is 16.9 Å². The summed E-state index contributed by atoms with van der Waals surface area (Å²) in [5.41, 5.74) is 0.708. The quantitative estimate of drug-likeness (QED) is 0.562. The molecule has 0 heterocycles. The van der Waals surface area contributed by atoms with Crippen LogP contribution in [-0.2, 0) is 4.79 Å². The lowest BCUT2D eigenvalue weighted by Crippen LogP contribution is -2.13. The predicted octanol–water partition coefficient (Wildman–Crippen LogP) is 1.60. The summed E-state index contributed by atoms with van der Waals surface area (Å²) < 4.78 is 0. The van der Waals surface area contributed by atoms with Crippen molar-refractivity contribution in [1.82, 2.24) is 0 Å². The third kappa shape index (κ3) is 1.82. The standard InChI is InChI=1S/C10H8O3/c1-2-7-5-3-4-6-8(7)9(11)10(12)13/h2-6H,1H2,(H,12,13). The van der Waals surface area contributed by atoms with Gasteiger partial charge in [-0.15, -0.1) is 0 Å². The van der Waals surface area contributed by atoms with Gasteiger partial charge in [-0.05, 0) is 5.56 Å². The van der Waals surface area contributed by atoms with Crippen LogP contribution < -0.4 is 0 Å². The van der Waals surface area contributed by atoms with Crippen LogP contribution in [0.2, 0.25) is 0 Å². The average molecular weight is 176 g/mol. The van der Waals surface area contributed by atoms with E-state index >= 15 is 0 Å². The number of rotatable bonds is 3. The molecule has 0 aliphatic carbocycles. The van der Waals surface area contributed by atoms with Gasteiger partial charge in [0.25, 0.3) is 5.78 Å².